The van der Waals surface area contributed by atoms with Gasteiger partial charge in [0.15, 0.2) is 0 Å². The lowest BCUT2D eigenvalue weighted by atomic mass is 9.98. The smallest absolute Gasteiger partial charge is 0.271 e. The summed E-state index contributed by atoms with van der Waals surface area (Å²) in [7, 11) is 3.68. The van der Waals surface area contributed by atoms with E-state index in [0.717, 1.165) is 10.5 Å². The zero-order valence-electron chi connectivity index (χ0n) is 12.6. The van der Waals surface area contributed by atoms with E-state index in [-0.39, 0.29) is 18.0 Å². The zero-order chi connectivity index (χ0) is 16.1. The number of imide groups is 1. The summed E-state index contributed by atoms with van der Waals surface area (Å²) in [6, 6.07) is 11.1. The van der Waals surface area contributed by atoms with Crippen molar-refractivity contribution >= 4 is 11.8 Å². The fraction of sp³-hybridized carbons (Fsp3) is 0.235. The second-order valence-corrected chi connectivity index (χ2v) is 5.24. The van der Waals surface area contributed by atoms with E-state index in [1.54, 1.807) is 17.2 Å². The molecule has 0 spiro atoms. The Balaban J connectivity index is 2.30. The van der Waals surface area contributed by atoms with E-state index in [0.29, 0.717) is 0 Å². The molecule has 1 aliphatic heterocycles. The van der Waals surface area contributed by atoms with Crippen LogP contribution in [0.4, 0.5) is 0 Å². The van der Waals surface area contributed by atoms with Crippen molar-refractivity contribution in [3.63, 3.8) is 0 Å². The maximum Gasteiger partial charge on any atom is 0.271 e. The largest absolute Gasteiger partial charge is 0.384 e. The number of amides is 2. The van der Waals surface area contributed by atoms with Gasteiger partial charge in [-0.3, -0.25) is 14.5 Å². The highest BCUT2D eigenvalue weighted by Crippen LogP contribution is 2.21. The standard InChI is InChI=1S/C17H17N3O2/c1-19(2)9-8-14-10-15(11-18)17(22)20(16(14)21)12-13-6-4-3-5-7-13/h3-10,14H,12H2,1-2H3/b9-8+. The minimum Gasteiger partial charge on any atom is -0.384 e. The summed E-state index contributed by atoms with van der Waals surface area (Å²) in [5.74, 6) is -1.45. The number of carbonyl (C=O) groups is 2. The summed E-state index contributed by atoms with van der Waals surface area (Å²) in [6.07, 6.45) is 4.85. The average molecular weight is 295 g/mol. The van der Waals surface area contributed by atoms with Crippen LogP contribution in [-0.4, -0.2) is 35.7 Å². The molecule has 1 aromatic rings. The van der Waals surface area contributed by atoms with Crippen LogP contribution in [0.3, 0.4) is 0 Å². The predicted molar refractivity (Wildman–Crippen MR) is 82.0 cm³/mol. The van der Waals surface area contributed by atoms with E-state index in [2.05, 4.69) is 0 Å². The van der Waals surface area contributed by atoms with Gasteiger partial charge in [-0.1, -0.05) is 36.4 Å². The van der Waals surface area contributed by atoms with Crippen LogP contribution in [0.1, 0.15) is 5.56 Å². The Morgan fingerprint density at radius 2 is 1.95 bits per heavy atom. The Hall–Kier alpha value is -2.87. The second-order valence-electron chi connectivity index (χ2n) is 5.24. The van der Waals surface area contributed by atoms with Crippen LogP contribution >= 0.6 is 0 Å². The van der Waals surface area contributed by atoms with Crippen molar-refractivity contribution in [2.24, 2.45) is 5.92 Å². The van der Waals surface area contributed by atoms with Crippen LogP contribution in [0.2, 0.25) is 0 Å². The first-order chi connectivity index (χ1) is 10.5. The van der Waals surface area contributed by atoms with Gasteiger partial charge < -0.3 is 4.90 Å². The van der Waals surface area contributed by atoms with Crippen LogP contribution in [0.5, 0.6) is 0 Å². The molecule has 22 heavy (non-hydrogen) atoms. The maximum atomic E-state index is 12.5. The molecule has 0 aliphatic carbocycles. The molecule has 2 rings (SSSR count). The first-order valence-electron chi connectivity index (χ1n) is 6.89. The number of hydrogen-bond donors (Lipinski definition) is 0. The second kappa shape index (κ2) is 6.72. The first-order valence-corrected chi connectivity index (χ1v) is 6.89. The molecule has 0 radical (unpaired) electrons. The van der Waals surface area contributed by atoms with E-state index >= 15 is 0 Å². The number of rotatable bonds is 4. The number of hydrogen-bond acceptors (Lipinski definition) is 4. The molecule has 5 heteroatoms. The van der Waals surface area contributed by atoms with E-state index in [1.165, 1.54) is 6.08 Å². The summed E-state index contributed by atoms with van der Waals surface area (Å²) in [6.45, 7) is 0.170. The van der Waals surface area contributed by atoms with Gasteiger partial charge >= 0.3 is 0 Å². The van der Waals surface area contributed by atoms with Gasteiger partial charge in [0, 0.05) is 14.1 Å². The summed E-state index contributed by atoms with van der Waals surface area (Å²) in [5, 5.41) is 9.12. The van der Waals surface area contributed by atoms with Gasteiger partial charge in [-0.2, -0.15) is 5.26 Å². The molecule has 1 unspecified atom stereocenters. The Kier molecular flexibility index (Phi) is 4.74. The average Bonchev–Trinajstić information content (AvgIpc) is 2.51. The van der Waals surface area contributed by atoms with Crippen molar-refractivity contribution < 1.29 is 9.59 Å². The molecule has 1 heterocycles. The van der Waals surface area contributed by atoms with Crippen molar-refractivity contribution in [3.05, 3.63) is 59.8 Å². The van der Waals surface area contributed by atoms with Gasteiger partial charge in [0.25, 0.3) is 5.91 Å². The zero-order valence-corrected chi connectivity index (χ0v) is 12.6. The van der Waals surface area contributed by atoms with Crippen LogP contribution in [0, 0.1) is 17.2 Å². The predicted octanol–water partition coefficient (Wildman–Crippen LogP) is 1.70. The topological polar surface area (TPSA) is 64.4 Å². The van der Waals surface area contributed by atoms with Crippen LogP contribution in [0.25, 0.3) is 0 Å². The minimum absolute atomic E-state index is 0.00365. The minimum atomic E-state index is -0.599. The Bertz CT molecular complexity index is 669. The maximum absolute atomic E-state index is 12.5. The molecule has 1 aliphatic rings. The third kappa shape index (κ3) is 3.41. The summed E-state index contributed by atoms with van der Waals surface area (Å²) in [4.78, 5) is 27.7. The van der Waals surface area contributed by atoms with Gasteiger partial charge in [-0.05, 0) is 17.8 Å². The molecule has 0 bridgehead atoms. The Morgan fingerprint density at radius 3 is 2.55 bits per heavy atom. The molecule has 0 saturated heterocycles. The third-order valence-corrected chi connectivity index (χ3v) is 3.27. The Morgan fingerprint density at radius 1 is 1.27 bits per heavy atom. The molecule has 2 amide bonds. The van der Waals surface area contributed by atoms with Crippen molar-refractivity contribution in [1.29, 1.82) is 5.26 Å². The van der Waals surface area contributed by atoms with E-state index in [1.807, 2.05) is 50.5 Å². The van der Waals surface area contributed by atoms with Gasteiger partial charge in [0.1, 0.15) is 11.6 Å². The van der Waals surface area contributed by atoms with E-state index in [4.69, 9.17) is 5.26 Å². The van der Waals surface area contributed by atoms with Crippen molar-refractivity contribution in [1.82, 2.24) is 9.80 Å². The van der Waals surface area contributed by atoms with Gasteiger partial charge in [0.05, 0.1) is 12.5 Å². The number of carbonyl (C=O) groups excluding carboxylic acids is 2. The number of nitrogens with zero attached hydrogens (tertiary/aromatic N) is 3. The highest BCUT2D eigenvalue weighted by Gasteiger charge is 2.34. The third-order valence-electron chi connectivity index (χ3n) is 3.27. The molecule has 1 atom stereocenters. The monoisotopic (exact) mass is 295 g/mol. The summed E-state index contributed by atoms with van der Waals surface area (Å²) in [5.41, 5.74) is 0.850. The first kappa shape index (κ1) is 15.5. The molecule has 112 valence electrons. The highest BCUT2D eigenvalue weighted by molar-refractivity contribution is 6.10. The van der Waals surface area contributed by atoms with Gasteiger partial charge in [0.2, 0.25) is 5.91 Å². The lowest BCUT2D eigenvalue weighted by molar-refractivity contribution is -0.145. The summed E-state index contributed by atoms with van der Waals surface area (Å²) >= 11 is 0. The highest BCUT2D eigenvalue weighted by atomic mass is 16.2. The van der Waals surface area contributed by atoms with Crippen molar-refractivity contribution in [2.45, 2.75) is 6.54 Å². The normalized spacial score (nSPS) is 18.3. The molecule has 0 fully saturated rings. The molecule has 1 aromatic carbocycles. The fourth-order valence-electron chi connectivity index (χ4n) is 2.15. The molecular weight excluding hydrogens is 278 g/mol. The van der Waals surface area contributed by atoms with Crippen molar-refractivity contribution in [3.8, 4) is 6.07 Å². The van der Waals surface area contributed by atoms with E-state index in [9.17, 15) is 9.59 Å². The molecule has 5 nitrogen and oxygen atoms in total. The lowest BCUT2D eigenvalue weighted by Crippen LogP contribution is -2.43. The quantitative estimate of drug-likeness (QED) is 0.793. The lowest BCUT2D eigenvalue weighted by Gasteiger charge is -2.27. The molecule has 0 aromatic heterocycles. The Labute approximate surface area is 129 Å². The molecule has 0 saturated carbocycles. The van der Waals surface area contributed by atoms with Crippen LogP contribution < -0.4 is 0 Å². The van der Waals surface area contributed by atoms with Crippen LogP contribution in [0.15, 0.2) is 54.3 Å². The van der Waals surface area contributed by atoms with E-state index < -0.39 is 11.8 Å². The number of benzene rings is 1. The fourth-order valence-corrected chi connectivity index (χ4v) is 2.15. The van der Waals surface area contributed by atoms with Crippen LogP contribution in [-0.2, 0) is 16.1 Å². The van der Waals surface area contributed by atoms with Gasteiger partial charge in [-0.15, -0.1) is 0 Å². The molecule has 0 N–H and O–H groups in total. The summed E-state index contributed by atoms with van der Waals surface area (Å²) < 4.78 is 0. The molecular formula is C17H17N3O2. The van der Waals surface area contributed by atoms with Crippen molar-refractivity contribution in [2.75, 3.05) is 14.1 Å². The number of nitriles is 1. The SMILES string of the molecule is CN(C)/C=C/C1C=C(C#N)C(=O)N(Cc2ccccc2)C1=O. The van der Waals surface area contributed by atoms with Gasteiger partial charge in [-0.25, -0.2) is 0 Å².